The van der Waals surface area contributed by atoms with Crippen LogP contribution in [0.2, 0.25) is 0 Å². The van der Waals surface area contributed by atoms with Crippen LogP contribution >= 0.6 is 0 Å². The summed E-state index contributed by atoms with van der Waals surface area (Å²) in [4.78, 5) is 11.0. The molecule has 0 bridgehead atoms. The summed E-state index contributed by atoms with van der Waals surface area (Å²) in [6, 6.07) is 0. The predicted octanol–water partition coefficient (Wildman–Crippen LogP) is 1.09. The van der Waals surface area contributed by atoms with Crippen molar-refractivity contribution in [2.24, 2.45) is 5.92 Å². The Labute approximate surface area is 84.1 Å². The fraction of sp³-hybridized carbons (Fsp3) is 0.545. The molecule has 0 spiro atoms. The number of aliphatic hydroxyl groups is 1. The lowest BCUT2D eigenvalue weighted by molar-refractivity contribution is -0.111. The molecule has 0 saturated heterocycles. The molecular weight excluding hydrogens is 180 g/mol. The Morgan fingerprint density at radius 1 is 1.43 bits per heavy atom. The zero-order valence-corrected chi connectivity index (χ0v) is 8.56. The number of carbonyl (C=O) groups excluding carboxylic acids is 1. The molecule has 0 unspecified atom stereocenters. The Morgan fingerprint density at radius 2 is 2.00 bits per heavy atom. The number of carbonyl (C=O) groups is 1. The van der Waals surface area contributed by atoms with Crippen molar-refractivity contribution in [2.75, 3.05) is 13.2 Å². The Kier molecular flexibility index (Phi) is 3.61. The second kappa shape index (κ2) is 4.53. The third kappa shape index (κ3) is 2.30. The minimum atomic E-state index is -0.531. The summed E-state index contributed by atoms with van der Waals surface area (Å²) in [6.07, 6.45) is 6.54. The fourth-order valence-corrected chi connectivity index (χ4v) is 1.41. The smallest absolute Gasteiger partial charge is 0.178 e. The van der Waals surface area contributed by atoms with E-state index in [-0.39, 0.29) is 24.9 Å². The van der Waals surface area contributed by atoms with Gasteiger partial charge in [-0.15, -0.1) is 0 Å². The molecule has 3 heteroatoms. The maximum absolute atomic E-state index is 11.0. The summed E-state index contributed by atoms with van der Waals surface area (Å²) in [5.74, 6) is 0.212. The van der Waals surface area contributed by atoms with Gasteiger partial charge in [0.1, 0.15) is 5.60 Å². The van der Waals surface area contributed by atoms with Crippen LogP contribution in [0.15, 0.2) is 24.3 Å². The Hall–Kier alpha value is -0.930. The van der Waals surface area contributed by atoms with Crippen LogP contribution in [0.3, 0.4) is 0 Å². The minimum absolute atomic E-state index is 0.00982. The molecule has 3 nitrogen and oxygen atoms in total. The highest BCUT2D eigenvalue weighted by Crippen LogP contribution is 2.27. The number of ether oxygens (including phenoxy) is 1. The summed E-state index contributed by atoms with van der Waals surface area (Å²) in [5, 5.41) is 8.70. The van der Waals surface area contributed by atoms with E-state index in [1.54, 1.807) is 12.2 Å². The summed E-state index contributed by atoms with van der Waals surface area (Å²) >= 11 is 0. The van der Waals surface area contributed by atoms with Gasteiger partial charge < -0.3 is 9.84 Å². The number of hydrogen-bond acceptors (Lipinski definition) is 3. The summed E-state index contributed by atoms with van der Waals surface area (Å²) in [5.41, 5.74) is -0.531. The zero-order valence-electron chi connectivity index (χ0n) is 8.56. The standard InChI is InChI=1S/C11H16O3/c1-9(2)11(14-8-7-12)5-3-10(13)4-6-11/h3-6,9,12H,7-8H2,1-2H3. The second-order valence-electron chi connectivity index (χ2n) is 3.65. The average Bonchev–Trinajstić information content (AvgIpc) is 2.17. The molecule has 0 amide bonds. The van der Waals surface area contributed by atoms with Gasteiger partial charge in [-0.25, -0.2) is 0 Å². The second-order valence-corrected chi connectivity index (χ2v) is 3.65. The van der Waals surface area contributed by atoms with Crippen LogP contribution in [-0.4, -0.2) is 29.7 Å². The lowest BCUT2D eigenvalue weighted by atomic mass is 9.86. The van der Waals surface area contributed by atoms with E-state index >= 15 is 0 Å². The van der Waals surface area contributed by atoms with Crippen LogP contribution in [0.25, 0.3) is 0 Å². The van der Waals surface area contributed by atoms with Crippen molar-refractivity contribution in [1.82, 2.24) is 0 Å². The molecule has 0 atom stereocenters. The molecule has 0 aliphatic heterocycles. The van der Waals surface area contributed by atoms with Crippen molar-refractivity contribution in [3.63, 3.8) is 0 Å². The predicted molar refractivity (Wildman–Crippen MR) is 53.9 cm³/mol. The monoisotopic (exact) mass is 196 g/mol. The molecular formula is C11H16O3. The van der Waals surface area contributed by atoms with Gasteiger partial charge in [-0.05, 0) is 30.2 Å². The van der Waals surface area contributed by atoms with E-state index in [0.717, 1.165) is 0 Å². The fourth-order valence-electron chi connectivity index (χ4n) is 1.41. The highest BCUT2D eigenvalue weighted by atomic mass is 16.5. The van der Waals surface area contributed by atoms with E-state index in [2.05, 4.69) is 0 Å². The van der Waals surface area contributed by atoms with Gasteiger partial charge in [0.25, 0.3) is 0 Å². The van der Waals surface area contributed by atoms with Gasteiger partial charge in [0.05, 0.1) is 13.2 Å². The number of aliphatic hydroxyl groups excluding tert-OH is 1. The van der Waals surface area contributed by atoms with Crippen LogP contribution in [-0.2, 0) is 9.53 Å². The molecule has 1 aliphatic rings. The van der Waals surface area contributed by atoms with Gasteiger partial charge in [0.2, 0.25) is 0 Å². The molecule has 14 heavy (non-hydrogen) atoms. The number of allylic oxidation sites excluding steroid dienone is 2. The van der Waals surface area contributed by atoms with Crippen LogP contribution < -0.4 is 0 Å². The third-order valence-corrected chi connectivity index (χ3v) is 2.36. The number of rotatable bonds is 4. The quantitative estimate of drug-likeness (QED) is 0.732. The molecule has 1 aliphatic carbocycles. The van der Waals surface area contributed by atoms with Crippen LogP contribution in [0.1, 0.15) is 13.8 Å². The van der Waals surface area contributed by atoms with Crippen LogP contribution in [0.4, 0.5) is 0 Å². The van der Waals surface area contributed by atoms with Crippen molar-refractivity contribution in [2.45, 2.75) is 19.4 Å². The van der Waals surface area contributed by atoms with E-state index in [1.807, 2.05) is 13.8 Å². The first kappa shape index (κ1) is 11.1. The first-order valence-electron chi connectivity index (χ1n) is 4.78. The van der Waals surface area contributed by atoms with E-state index in [1.165, 1.54) is 12.2 Å². The van der Waals surface area contributed by atoms with E-state index < -0.39 is 5.60 Å². The van der Waals surface area contributed by atoms with E-state index in [4.69, 9.17) is 9.84 Å². The molecule has 1 rings (SSSR count). The van der Waals surface area contributed by atoms with Gasteiger partial charge in [-0.3, -0.25) is 4.79 Å². The first-order valence-corrected chi connectivity index (χ1v) is 4.78. The lowest BCUT2D eigenvalue weighted by Gasteiger charge is -2.33. The average molecular weight is 196 g/mol. The Balaban J connectivity index is 2.78. The van der Waals surface area contributed by atoms with Crippen molar-refractivity contribution in [3.05, 3.63) is 24.3 Å². The lowest BCUT2D eigenvalue weighted by Crippen LogP contribution is -2.36. The SMILES string of the molecule is CC(C)C1(OCCO)C=CC(=O)C=C1. The highest BCUT2D eigenvalue weighted by Gasteiger charge is 2.31. The molecule has 0 saturated carbocycles. The molecule has 0 aromatic heterocycles. The number of hydrogen-bond donors (Lipinski definition) is 1. The number of ketones is 1. The molecule has 78 valence electrons. The topological polar surface area (TPSA) is 46.5 Å². The minimum Gasteiger partial charge on any atom is -0.394 e. The van der Waals surface area contributed by atoms with E-state index in [0.29, 0.717) is 0 Å². The first-order chi connectivity index (χ1) is 6.60. The zero-order chi connectivity index (χ0) is 10.6. The van der Waals surface area contributed by atoms with Gasteiger partial charge in [-0.1, -0.05) is 13.8 Å². The normalized spacial score (nSPS) is 19.3. The Bertz CT molecular complexity index is 248. The molecule has 0 radical (unpaired) electrons. The summed E-state index contributed by atoms with van der Waals surface area (Å²) in [6.45, 7) is 4.30. The molecule has 1 N–H and O–H groups in total. The summed E-state index contributed by atoms with van der Waals surface area (Å²) < 4.78 is 5.55. The van der Waals surface area contributed by atoms with Crippen molar-refractivity contribution >= 4 is 5.78 Å². The van der Waals surface area contributed by atoms with Crippen molar-refractivity contribution in [1.29, 1.82) is 0 Å². The summed E-state index contributed by atoms with van der Waals surface area (Å²) in [7, 11) is 0. The van der Waals surface area contributed by atoms with Gasteiger partial charge >= 0.3 is 0 Å². The largest absolute Gasteiger partial charge is 0.394 e. The van der Waals surface area contributed by atoms with Gasteiger partial charge in [-0.2, -0.15) is 0 Å². The molecule has 0 heterocycles. The molecule has 0 fully saturated rings. The van der Waals surface area contributed by atoms with Gasteiger partial charge in [0.15, 0.2) is 5.78 Å². The highest BCUT2D eigenvalue weighted by molar-refractivity contribution is 6.00. The third-order valence-electron chi connectivity index (χ3n) is 2.36. The van der Waals surface area contributed by atoms with E-state index in [9.17, 15) is 4.79 Å². The maximum Gasteiger partial charge on any atom is 0.178 e. The molecule has 0 aromatic carbocycles. The van der Waals surface area contributed by atoms with Crippen LogP contribution in [0, 0.1) is 5.92 Å². The molecule has 0 aromatic rings. The van der Waals surface area contributed by atoms with Gasteiger partial charge in [0, 0.05) is 0 Å². The van der Waals surface area contributed by atoms with Crippen molar-refractivity contribution in [3.8, 4) is 0 Å². The maximum atomic E-state index is 11.0. The van der Waals surface area contributed by atoms with Crippen LogP contribution in [0.5, 0.6) is 0 Å². The van der Waals surface area contributed by atoms with Crippen molar-refractivity contribution < 1.29 is 14.6 Å². The Morgan fingerprint density at radius 3 is 2.43 bits per heavy atom.